The average Bonchev–Trinajstić information content (AvgIpc) is 2.67. The number of esters is 1. The zero-order chi connectivity index (χ0) is 21.9. The molecule has 0 aliphatic carbocycles. The number of hydrogen-bond donors (Lipinski definition) is 0. The molecule has 2 aromatic rings. The van der Waals surface area contributed by atoms with Crippen LogP contribution in [0.15, 0.2) is 60.4 Å². The summed E-state index contributed by atoms with van der Waals surface area (Å²) in [5, 5.41) is 0.972. The number of benzene rings is 2. The van der Waals surface area contributed by atoms with Gasteiger partial charge in [-0.15, -0.1) is 0 Å². The van der Waals surface area contributed by atoms with E-state index in [2.05, 4.69) is 0 Å². The molecule has 30 heavy (non-hydrogen) atoms. The van der Waals surface area contributed by atoms with E-state index in [1.807, 2.05) is 30.3 Å². The van der Waals surface area contributed by atoms with Crippen LogP contribution in [0.1, 0.15) is 50.2 Å². The van der Waals surface area contributed by atoms with Crippen molar-refractivity contribution in [1.29, 1.82) is 0 Å². The van der Waals surface area contributed by atoms with Crippen molar-refractivity contribution >= 4 is 35.5 Å². The van der Waals surface area contributed by atoms with E-state index in [0.29, 0.717) is 15.6 Å². The van der Waals surface area contributed by atoms with E-state index in [9.17, 15) is 9.59 Å². The van der Waals surface area contributed by atoms with Crippen LogP contribution in [0.3, 0.4) is 0 Å². The summed E-state index contributed by atoms with van der Waals surface area (Å²) in [7, 11) is 0. The molecule has 0 spiro atoms. The third kappa shape index (κ3) is 5.05. The second-order valence-corrected chi connectivity index (χ2v) is 9.00. The van der Waals surface area contributed by atoms with E-state index in [1.165, 1.54) is 0 Å². The molecule has 0 saturated heterocycles. The molecule has 1 aliphatic heterocycles. The highest BCUT2D eigenvalue weighted by molar-refractivity contribution is 6.36. The topological polar surface area (TPSA) is 52.6 Å². The molecule has 0 radical (unpaired) electrons. The monoisotopic (exact) mass is 446 g/mol. The molecule has 6 heteroatoms. The number of aldehydes is 1. The van der Waals surface area contributed by atoms with E-state index in [-0.39, 0.29) is 24.0 Å². The van der Waals surface area contributed by atoms with E-state index in [1.54, 1.807) is 45.0 Å². The third-order valence-electron chi connectivity index (χ3n) is 4.84. The number of allylic oxidation sites excluding steroid dienone is 1. The Morgan fingerprint density at radius 2 is 1.70 bits per heavy atom. The SMILES string of the molecule is CC(C)(C)OC(=O)C1=C[C@@H](c2c(Cl)cccc2Cl)[C@H](c2ccccc2)[C@@H](CC=O)O1. The van der Waals surface area contributed by atoms with E-state index in [4.69, 9.17) is 32.7 Å². The molecule has 0 unspecified atom stereocenters. The minimum atomic E-state index is -0.685. The zero-order valence-electron chi connectivity index (χ0n) is 17.1. The molecule has 1 aliphatic rings. The number of hydrogen-bond acceptors (Lipinski definition) is 4. The number of carbonyl (C=O) groups is 2. The van der Waals surface area contributed by atoms with Crippen molar-refractivity contribution in [3.63, 3.8) is 0 Å². The number of halogens is 2. The van der Waals surface area contributed by atoms with Crippen LogP contribution in [-0.2, 0) is 19.1 Å². The predicted octanol–water partition coefficient (Wildman–Crippen LogP) is 6.07. The molecule has 0 aromatic heterocycles. The van der Waals surface area contributed by atoms with Gasteiger partial charge in [0.25, 0.3) is 0 Å². The molecule has 0 amide bonds. The maximum atomic E-state index is 12.8. The molecule has 0 bridgehead atoms. The molecule has 2 aromatic carbocycles. The fraction of sp³-hybridized carbons (Fsp3) is 0.333. The van der Waals surface area contributed by atoms with Gasteiger partial charge in [-0.3, -0.25) is 0 Å². The van der Waals surface area contributed by atoms with E-state index in [0.717, 1.165) is 11.8 Å². The lowest BCUT2D eigenvalue weighted by atomic mass is 9.75. The van der Waals surface area contributed by atoms with Crippen molar-refractivity contribution in [2.75, 3.05) is 0 Å². The van der Waals surface area contributed by atoms with Gasteiger partial charge < -0.3 is 14.3 Å². The van der Waals surface area contributed by atoms with Crippen LogP contribution in [0.4, 0.5) is 0 Å². The average molecular weight is 447 g/mol. The number of carbonyl (C=O) groups excluding carboxylic acids is 2. The van der Waals surface area contributed by atoms with Gasteiger partial charge in [-0.2, -0.15) is 0 Å². The predicted molar refractivity (Wildman–Crippen MR) is 118 cm³/mol. The maximum absolute atomic E-state index is 12.8. The Morgan fingerprint density at radius 1 is 1.07 bits per heavy atom. The molecule has 1 heterocycles. The zero-order valence-corrected chi connectivity index (χ0v) is 18.6. The molecule has 158 valence electrons. The van der Waals surface area contributed by atoms with Gasteiger partial charge in [0.05, 0.1) is 0 Å². The third-order valence-corrected chi connectivity index (χ3v) is 5.50. The van der Waals surface area contributed by atoms with Crippen LogP contribution >= 0.6 is 23.2 Å². The first-order chi connectivity index (χ1) is 14.2. The van der Waals surface area contributed by atoms with Gasteiger partial charge >= 0.3 is 5.97 Å². The molecular weight excluding hydrogens is 423 g/mol. The summed E-state index contributed by atoms with van der Waals surface area (Å²) in [5.41, 5.74) is 0.967. The molecule has 3 atom stereocenters. The van der Waals surface area contributed by atoms with Crippen molar-refractivity contribution in [3.05, 3.63) is 81.5 Å². The van der Waals surface area contributed by atoms with E-state index < -0.39 is 17.7 Å². The normalized spacial score (nSPS) is 21.4. The Bertz CT molecular complexity index is 927. The largest absolute Gasteiger partial charge is 0.482 e. The Hall–Kier alpha value is -2.30. The molecule has 0 saturated carbocycles. The van der Waals surface area contributed by atoms with Gasteiger partial charge in [-0.25, -0.2) is 4.79 Å². The fourth-order valence-electron chi connectivity index (χ4n) is 3.70. The van der Waals surface area contributed by atoms with Gasteiger partial charge in [0, 0.05) is 28.3 Å². The minimum absolute atomic E-state index is 0.0601. The Balaban J connectivity index is 2.16. The van der Waals surface area contributed by atoms with E-state index >= 15 is 0 Å². The van der Waals surface area contributed by atoms with Gasteiger partial charge in [0.15, 0.2) is 0 Å². The van der Waals surface area contributed by atoms with Crippen molar-refractivity contribution in [2.24, 2.45) is 0 Å². The quantitative estimate of drug-likeness (QED) is 0.412. The van der Waals surface area contributed by atoms with Gasteiger partial charge in [0.2, 0.25) is 5.76 Å². The summed E-state index contributed by atoms with van der Waals surface area (Å²) in [5.74, 6) is -1.17. The van der Waals surface area contributed by atoms with Crippen molar-refractivity contribution in [2.45, 2.75) is 50.7 Å². The Morgan fingerprint density at radius 3 is 2.27 bits per heavy atom. The highest BCUT2D eigenvalue weighted by Crippen LogP contribution is 2.47. The second kappa shape index (κ2) is 9.23. The second-order valence-electron chi connectivity index (χ2n) is 8.19. The minimum Gasteiger partial charge on any atom is -0.482 e. The lowest BCUT2D eigenvalue weighted by Gasteiger charge is -2.38. The van der Waals surface area contributed by atoms with Crippen LogP contribution < -0.4 is 0 Å². The molecule has 4 nitrogen and oxygen atoms in total. The summed E-state index contributed by atoms with van der Waals surface area (Å²) in [6.07, 6.45) is 2.04. The first-order valence-electron chi connectivity index (χ1n) is 9.75. The van der Waals surface area contributed by atoms with Crippen molar-refractivity contribution in [1.82, 2.24) is 0 Å². The highest BCUT2D eigenvalue weighted by atomic mass is 35.5. The Labute approximate surface area is 186 Å². The molecule has 0 N–H and O–H groups in total. The first kappa shape index (κ1) is 22.4. The first-order valence-corrected chi connectivity index (χ1v) is 10.5. The van der Waals surface area contributed by atoms with Crippen LogP contribution in [0.25, 0.3) is 0 Å². The lowest BCUT2D eigenvalue weighted by molar-refractivity contribution is -0.156. The standard InChI is InChI=1S/C24H24Cl2O4/c1-24(2,3)30-23(28)20-14-16(22-17(25)10-7-11-18(22)26)21(19(29-20)12-13-27)15-8-5-4-6-9-15/h4-11,13-14,16,19,21H,12H2,1-3H3/t16-,19-,21+/m1/s1. The Kier molecular flexibility index (Phi) is 6.89. The smallest absolute Gasteiger partial charge is 0.373 e. The maximum Gasteiger partial charge on any atom is 0.373 e. The summed E-state index contributed by atoms with van der Waals surface area (Å²) < 4.78 is 11.5. The summed E-state index contributed by atoms with van der Waals surface area (Å²) in [6, 6.07) is 15.0. The van der Waals surface area contributed by atoms with Crippen molar-refractivity contribution < 1.29 is 19.1 Å². The fourth-order valence-corrected chi connectivity index (χ4v) is 4.35. The van der Waals surface area contributed by atoms with Crippen LogP contribution in [0.2, 0.25) is 10.0 Å². The molecular formula is C24H24Cl2O4. The highest BCUT2D eigenvalue weighted by Gasteiger charge is 2.40. The van der Waals surface area contributed by atoms with Crippen LogP contribution in [0.5, 0.6) is 0 Å². The van der Waals surface area contributed by atoms with Gasteiger partial charge in [-0.05, 0) is 50.1 Å². The van der Waals surface area contributed by atoms with Crippen LogP contribution in [0, 0.1) is 0 Å². The summed E-state index contributed by atoms with van der Waals surface area (Å²) >= 11 is 13.1. The van der Waals surface area contributed by atoms with Gasteiger partial charge in [-0.1, -0.05) is 59.6 Å². The number of ether oxygens (including phenoxy) is 2. The number of rotatable bonds is 5. The summed E-state index contributed by atoms with van der Waals surface area (Å²) in [6.45, 7) is 5.35. The summed E-state index contributed by atoms with van der Waals surface area (Å²) in [4.78, 5) is 24.2. The molecule has 0 fully saturated rings. The van der Waals surface area contributed by atoms with Crippen molar-refractivity contribution in [3.8, 4) is 0 Å². The lowest BCUT2D eigenvalue weighted by Crippen LogP contribution is -2.35. The van der Waals surface area contributed by atoms with Crippen LogP contribution in [-0.4, -0.2) is 24.0 Å². The van der Waals surface area contributed by atoms with Gasteiger partial charge in [0.1, 0.15) is 18.0 Å². The molecule has 3 rings (SSSR count).